The number of aromatic amines is 1. The zero-order valence-corrected chi connectivity index (χ0v) is 21.4. The molecule has 174 valence electrons. The van der Waals surface area contributed by atoms with Crippen LogP contribution in [0.1, 0.15) is 44.6 Å². The lowest BCUT2D eigenvalue weighted by Gasteiger charge is -2.48. The lowest BCUT2D eigenvalue weighted by atomic mass is 10.2. The minimum Gasteiger partial charge on any atom is -0.395 e. The second-order valence-electron chi connectivity index (χ2n) is 9.92. The Kier molecular flexibility index (Phi) is 6.58. The normalized spacial score (nSPS) is 20.0. The maximum atomic E-state index is 12.5. The Morgan fingerprint density at radius 2 is 1.55 bits per heavy atom. The molecule has 2 heterocycles. The Hall–Kier alpha value is -2.35. The molecule has 1 aliphatic rings. The van der Waals surface area contributed by atoms with E-state index in [0.717, 1.165) is 12.8 Å². The molecule has 1 aliphatic heterocycles. The van der Waals surface area contributed by atoms with E-state index in [1.807, 2.05) is 12.1 Å². The van der Waals surface area contributed by atoms with Crippen LogP contribution in [0.5, 0.6) is 0 Å². The molecule has 0 aliphatic carbocycles. The summed E-state index contributed by atoms with van der Waals surface area (Å²) in [6.07, 6.45) is 3.23. The van der Waals surface area contributed by atoms with E-state index in [1.165, 1.54) is 10.4 Å². The second-order valence-corrected chi connectivity index (χ2v) is 16.2. The van der Waals surface area contributed by atoms with E-state index >= 15 is 0 Å². The predicted octanol–water partition coefficient (Wildman–Crippen LogP) is 3.20. The van der Waals surface area contributed by atoms with Gasteiger partial charge in [-0.15, -0.1) is 11.8 Å². The van der Waals surface area contributed by atoms with Gasteiger partial charge in [0.2, 0.25) is 0 Å². The first kappa shape index (κ1) is 23.8. The number of H-pyrrole nitrogens is 1. The van der Waals surface area contributed by atoms with Gasteiger partial charge in [-0.25, -0.2) is 4.79 Å². The number of rotatable bonds is 5. The van der Waals surface area contributed by atoms with Crippen molar-refractivity contribution >= 4 is 30.2 Å². The Labute approximate surface area is 199 Å². The number of aromatic nitrogens is 2. The van der Waals surface area contributed by atoms with E-state index < -0.39 is 13.8 Å². The SMILES string of the molecule is Cc1cn([C@@H]2CC[C@H](C(O)[Si](c3ccccc3)(c3ccccc3)C(C)(C)C)S2)c(=O)[nH]c1=O. The fourth-order valence-electron chi connectivity index (χ4n) is 5.38. The molecule has 0 radical (unpaired) electrons. The van der Waals surface area contributed by atoms with Gasteiger partial charge in [0.05, 0.1) is 11.1 Å². The van der Waals surface area contributed by atoms with Gasteiger partial charge in [0.1, 0.15) is 0 Å². The van der Waals surface area contributed by atoms with Gasteiger partial charge in [-0.2, -0.15) is 0 Å². The molecule has 3 atom stereocenters. The summed E-state index contributed by atoms with van der Waals surface area (Å²) in [7, 11) is -2.69. The van der Waals surface area contributed by atoms with E-state index in [4.69, 9.17) is 0 Å². The first-order valence-corrected chi connectivity index (χ1v) is 14.4. The molecule has 33 heavy (non-hydrogen) atoms. The summed E-state index contributed by atoms with van der Waals surface area (Å²) in [5.74, 6) is 0. The standard InChI is InChI=1S/C26H32N2O3SSi/c1-18-17-28(25(31)27-23(18)29)22-16-15-21(32-22)24(30)33(26(2,3)4,19-11-7-5-8-12-19)20-13-9-6-10-14-20/h5-14,17,21-22,24,30H,15-16H2,1-4H3,(H,27,29,31)/t21-,22+,24?/m1/s1. The summed E-state index contributed by atoms with van der Waals surface area (Å²) in [5.41, 5.74) is -0.755. The van der Waals surface area contributed by atoms with Crippen LogP contribution < -0.4 is 21.6 Å². The van der Waals surface area contributed by atoms with Crippen LogP contribution in [0.4, 0.5) is 0 Å². The van der Waals surface area contributed by atoms with Gasteiger partial charge < -0.3 is 5.11 Å². The van der Waals surface area contributed by atoms with Crippen molar-refractivity contribution in [3.63, 3.8) is 0 Å². The van der Waals surface area contributed by atoms with E-state index in [9.17, 15) is 14.7 Å². The Morgan fingerprint density at radius 1 is 1.00 bits per heavy atom. The van der Waals surface area contributed by atoms with E-state index in [-0.39, 0.29) is 26.9 Å². The maximum Gasteiger partial charge on any atom is 0.329 e. The number of aliphatic hydroxyl groups excluding tert-OH is 1. The van der Waals surface area contributed by atoms with Crippen molar-refractivity contribution in [1.29, 1.82) is 0 Å². The number of hydrogen-bond acceptors (Lipinski definition) is 4. The molecule has 5 nitrogen and oxygen atoms in total. The summed E-state index contributed by atoms with van der Waals surface area (Å²) < 4.78 is 1.62. The number of aryl methyl sites for hydroxylation is 1. The predicted molar refractivity (Wildman–Crippen MR) is 139 cm³/mol. The molecule has 1 saturated heterocycles. The van der Waals surface area contributed by atoms with Crippen LogP contribution in [0.3, 0.4) is 0 Å². The summed E-state index contributed by atoms with van der Waals surface area (Å²) in [6, 6.07) is 21.0. The number of benzene rings is 2. The van der Waals surface area contributed by atoms with Gasteiger partial charge in [-0.05, 0) is 24.8 Å². The van der Waals surface area contributed by atoms with Crippen molar-refractivity contribution in [2.45, 2.75) is 61.9 Å². The largest absolute Gasteiger partial charge is 0.395 e. The lowest BCUT2D eigenvalue weighted by Crippen LogP contribution is -2.73. The maximum absolute atomic E-state index is 12.5. The van der Waals surface area contributed by atoms with E-state index in [1.54, 1.807) is 29.4 Å². The lowest BCUT2D eigenvalue weighted by molar-refractivity contribution is 0.235. The van der Waals surface area contributed by atoms with Crippen molar-refractivity contribution in [3.8, 4) is 0 Å². The van der Waals surface area contributed by atoms with Gasteiger partial charge in [0.25, 0.3) is 5.56 Å². The first-order valence-electron chi connectivity index (χ1n) is 11.4. The Morgan fingerprint density at radius 3 is 2.06 bits per heavy atom. The van der Waals surface area contributed by atoms with E-state index in [0.29, 0.717) is 5.56 Å². The van der Waals surface area contributed by atoms with Crippen LogP contribution >= 0.6 is 11.8 Å². The molecule has 2 N–H and O–H groups in total. The average molecular weight is 481 g/mol. The molecule has 0 saturated carbocycles. The molecule has 1 fully saturated rings. The van der Waals surface area contributed by atoms with Gasteiger partial charge in [-0.3, -0.25) is 14.3 Å². The van der Waals surface area contributed by atoms with E-state index in [2.05, 4.69) is 74.3 Å². The van der Waals surface area contributed by atoms with Crippen LogP contribution in [0.15, 0.2) is 76.4 Å². The minimum atomic E-state index is -2.69. The van der Waals surface area contributed by atoms with Gasteiger partial charge in [0.15, 0.2) is 8.07 Å². The third kappa shape index (κ3) is 4.18. The van der Waals surface area contributed by atoms with Crippen LogP contribution in [0, 0.1) is 6.92 Å². The number of hydrogen-bond donors (Lipinski definition) is 2. The van der Waals surface area contributed by atoms with Crippen molar-refractivity contribution in [3.05, 3.63) is 93.3 Å². The smallest absolute Gasteiger partial charge is 0.329 e. The fraction of sp³-hybridized carbons (Fsp3) is 0.385. The van der Waals surface area contributed by atoms with Gasteiger partial charge in [-0.1, -0.05) is 91.8 Å². The number of nitrogens with one attached hydrogen (secondary N) is 1. The van der Waals surface area contributed by atoms with Crippen LogP contribution in [0.25, 0.3) is 0 Å². The Bertz CT molecular complexity index is 1180. The summed E-state index contributed by atoms with van der Waals surface area (Å²) >= 11 is 1.66. The molecular weight excluding hydrogens is 448 g/mol. The molecule has 7 heteroatoms. The topological polar surface area (TPSA) is 75.1 Å². The molecule has 3 aromatic rings. The summed E-state index contributed by atoms with van der Waals surface area (Å²) in [4.78, 5) is 26.7. The second kappa shape index (κ2) is 9.12. The molecule has 1 unspecified atom stereocenters. The monoisotopic (exact) mass is 480 g/mol. The highest BCUT2D eigenvalue weighted by Gasteiger charge is 2.56. The first-order chi connectivity index (χ1) is 15.7. The highest BCUT2D eigenvalue weighted by Crippen LogP contribution is 2.47. The Balaban J connectivity index is 1.79. The van der Waals surface area contributed by atoms with Crippen molar-refractivity contribution < 1.29 is 5.11 Å². The molecular formula is C26H32N2O3SSi. The quantitative estimate of drug-likeness (QED) is 0.550. The molecule has 0 spiro atoms. The molecule has 2 aromatic carbocycles. The van der Waals surface area contributed by atoms with Crippen LogP contribution in [-0.2, 0) is 0 Å². The van der Waals surface area contributed by atoms with Crippen molar-refractivity contribution in [2.75, 3.05) is 0 Å². The van der Waals surface area contributed by atoms with Gasteiger partial charge >= 0.3 is 5.69 Å². The van der Waals surface area contributed by atoms with Crippen LogP contribution in [0.2, 0.25) is 5.04 Å². The summed E-state index contributed by atoms with van der Waals surface area (Å²) in [6.45, 7) is 8.45. The number of nitrogens with zero attached hydrogens (tertiary/aromatic N) is 1. The number of thioether (sulfide) groups is 1. The fourth-order valence-corrected chi connectivity index (χ4v) is 13.4. The summed E-state index contributed by atoms with van der Waals surface area (Å²) in [5, 5.41) is 14.4. The zero-order valence-electron chi connectivity index (χ0n) is 19.6. The molecule has 4 rings (SSSR count). The van der Waals surface area contributed by atoms with Crippen molar-refractivity contribution in [2.24, 2.45) is 0 Å². The third-order valence-electron chi connectivity index (χ3n) is 6.92. The van der Waals surface area contributed by atoms with Crippen molar-refractivity contribution in [1.82, 2.24) is 9.55 Å². The van der Waals surface area contributed by atoms with Crippen LogP contribution in [-0.4, -0.2) is 33.7 Å². The highest BCUT2D eigenvalue weighted by molar-refractivity contribution is 8.00. The molecule has 1 aromatic heterocycles. The number of aliphatic hydroxyl groups is 1. The molecule has 0 bridgehead atoms. The third-order valence-corrected chi connectivity index (χ3v) is 14.9. The molecule has 0 amide bonds. The highest BCUT2D eigenvalue weighted by atomic mass is 32.2. The van der Waals surface area contributed by atoms with Gasteiger partial charge in [0, 0.05) is 17.0 Å². The zero-order chi connectivity index (χ0) is 23.8. The minimum absolute atomic E-state index is 0.0135. The average Bonchev–Trinajstić information content (AvgIpc) is 3.27.